The summed E-state index contributed by atoms with van der Waals surface area (Å²) >= 11 is 4.77. The number of aliphatic hydroxyl groups is 1. The van der Waals surface area contributed by atoms with Crippen LogP contribution in [0.4, 0.5) is 5.69 Å². The quantitative estimate of drug-likeness (QED) is 0.679. The van der Waals surface area contributed by atoms with E-state index in [9.17, 15) is 5.11 Å². The lowest BCUT2D eigenvalue weighted by Gasteiger charge is -2.11. The van der Waals surface area contributed by atoms with Crippen molar-refractivity contribution in [1.82, 2.24) is 10.2 Å². The summed E-state index contributed by atoms with van der Waals surface area (Å²) < 4.78 is 10.4. The fourth-order valence-corrected chi connectivity index (χ4v) is 1.83. The van der Waals surface area contributed by atoms with Crippen molar-refractivity contribution in [2.75, 3.05) is 18.5 Å². The number of aromatic amines is 1. The van der Waals surface area contributed by atoms with Crippen LogP contribution < -0.4 is 10.1 Å². The number of nitrogens with zero attached hydrogens (tertiary/aromatic N) is 1. The first-order valence-corrected chi connectivity index (χ1v) is 6.77. The number of aromatic nitrogens is 2. The third-order valence-corrected chi connectivity index (χ3v) is 2.77. The van der Waals surface area contributed by atoms with Gasteiger partial charge in [-0.05, 0) is 43.4 Å². The highest BCUT2D eigenvalue weighted by Gasteiger charge is 2.09. The van der Waals surface area contributed by atoms with E-state index in [-0.39, 0.29) is 4.84 Å². The average molecular weight is 295 g/mol. The van der Waals surface area contributed by atoms with Gasteiger partial charge in [-0.1, -0.05) is 0 Å². The van der Waals surface area contributed by atoms with Crippen LogP contribution >= 0.6 is 12.2 Å². The zero-order valence-electron chi connectivity index (χ0n) is 11.1. The Morgan fingerprint density at radius 3 is 2.80 bits per heavy atom. The Bertz CT molecular complexity index is 579. The van der Waals surface area contributed by atoms with Gasteiger partial charge in [-0.25, -0.2) is 5.10 Å². The fraction of sp³-hybridized carbons (Fsp3) is 0.385. The lowest BCUT2D eigenvalue weighted by atomic mass is 10.2. The highest BCUT2D eigenvalue weighted by atomic mass is 32.1. The normalized spacial score (nSPS) is 12.1. The van der Waals surface area contributed by atoms with Crippen LogP contribution in [0.2, 0.25) is 0 Å². The smallest absolute Gasteiger partial charge is 0.284 e. The van der Waals surface area contributed by atoms with Gasteiger partial charge in [0.1, 0.15) is 5.75 Å². The Balaban J connectivity index is 1.80. The number of aliphatic hydroxyl groups excluding tert-OH is 1. The molecule has 2 rings (SSSR count). The molecule has 0 fully saturated rings. The summed E-state index contributed by atoms with van der Waals surface area (Å²) in [4.78, 5) is 0.215. The van der Waals surface area contributed by atoms with Crippen LogP contribution in [0.3, 0.4) is 0 Å². The van der Waals surface area contributed by atoms with Gasteiger partial charge in [0.25, 0.3) is 4.84 Å². The molecule has 0 amide bonds. The third-order valence-electron chi connectivity index (χ3n) is 2.60. The number of hydrogen-bond donors (Lipinski definition) is 3. The lowest BCUT2D eigenvalue weighted by molar-refractivity contribution is 0.178. The Kier molecular flexibility index (Phi) is 5.14. The van der Waals surface area contributed by atoms with E-state index in [2.05, 4.69) is 15.5 Å². The van der Waals surface area contributed by atoms with Crippen molar-refractivity contribution in [3.63, 3.8) is 0 Å². The first-order valence-electron chi connectivity index (χ1n) is 6.36. The zero-order valence-corrected chi connectivity index (χ0v) is 11.9. The van der Waals surface area contributed by atoms with Crippen molar-refractivity contribution >= 4 is 17.9 Å². The average Bonchev–Trinajstić information content (AvgIpc) is 2.84. The molecule has 7 heteroatoms. The first kappa shape index (κ1) is 14.5. The minimum Gasteiger partial charge on any atom is -0.494 e. The number of benzene rings is 1. The van der Waals surface area contributed by atoms with E-state index in [1.165, 1.54) is 0 Å². The first-order chi connectivity index (χ1) is 9.67. The Morgan fingerprint density at radius 1 is 1.45 bits per heavy atom. The van der Waals surface area contributed by atoms with Crippen LogP contribution in [0.5, 0.6) is 5.75 Å². The Morgan fingerprint density at radius 2 is 2.20 bits per heavy atom. The van der Waals surface area contributed by atoms with Crippen molar-refractivity contribution in [3.05, 3.63) is 35.0 Å². The second kappa shape index (κ2) is 7.06. The lowest BCUT2D eigenvalue weighted by Crippen LogP contribution is -2.22. The van der Waals surface area contributed by atoms with E-state index in [1.54, 1.807) is 0 Å². The Hall–Kier alpha value is -1.86. The fourth-order valence-electron chi connectivity index (χ4n) is 1.69. The molecule has 0 spiro atoms. The van der Waals surface area contributed by atoms with E-state index in [0.29, 0.717) is 25.5 Å². The van der Waals surface area contributed by atoms with Crippen LogP contribution in [0.25, 0.3) is 0 Å². The highest BCUT2D eigenvalue weighted by molar-refractivity contribution is 7.71. The molecule has 108 valence electrons. The number of hydrogen-bond acceptors (Lipinski definition) is 6. The molecule has 3 N–H and O–H groups in total. The number of ether oxygens (including phenoxy) is 1. The summed E-state index contributed by atoms with van der Waals surface area (Å²) in [6.45, 7) is 2.98. The van der Waals surface area contributed by atoms with Crippen molar-refractivity contribution in [1.29, 1.82) is 0 Å². The van der Waals surface area contributed by atoms with Crippen LogP contribution in [-0.4, -0.2) is 34.6 Å². The van der Waals surface area contributed by atoms with Gasteiger partial charge in [-0.2, -0.15) is 0 Å². The van der Waals surface area contributed by atoms with E-state index >= 15 is 0 Å². The molecule has 1 heterocycles. The molecule has 0 saturated carbocycles. The van der Waals surface area contributed by atoms with Gasteiger partial charge in [0.05, 0.1) is 19.1 Å². The molecule has 6 nitrogen and oxygen atoms in total. The van der Waals surface area contributed by atoms with Gasteiger partial charge in [0.2, 0.25) is 5.89 Å². The molecule has 0 radical (unpaired) electrons. The highest BCUT2D eigenvalue weighted by Crippen LogP contribution is 2.15. The molecule has 1 atom stereocenters. The van der Waals surface area contributed by atoms with Crippen LogP contribution in [0.15, 0.2) is 28.7 Å². The van der Waals surface area contributed by atoms with Gasteiger partial charge in [0, 0.05) is 12.2 Å². The summed E-state index contributed by atoms with van der Waals surface area (Å²) in [5.74, 6) is 1.22. The summed E-state index contributed by atoms with van der Waals surface area (Å²) in [6.07, 6.45) is -0.306. The van der Waals surface area contributed by atoms with Gasteiger partial charge < -0.3 is 19.6 Å². The van der Waals surface area contributed by atoms with Gasteiger partial charge in [-0.15, -0.1) is 5.10 Å². The number of H-pyrrole nitrogens is 1. The predicted octanol–water partition coefficient (Wildman–Crippen LogP) is 2.15. The summed E-state index contributed by atoms with van der Waals surface area (Å²) in [6, 6.07) is 7.56. The number of nitrogens with one attached hydrogen (secondary N) is 2. The van der Waals surface area contributed by atoms with Crippen LogP contribution in [0.1, 0.15) is 12.8 Å². The standard InChI is InChI=1S/C13H17N3O3S/c1-2-18-11-5-3-9(4-6-11)14-8-10(17)7-12-15-16-13(20)19-12/h3-6,10,14,17H,2,7-8H2,1H3,(H,16,20). The van der Waals surface area contributed by atoms with Crippen molar-refractivity contribution < 1.29 is 14.3 Å². The maximum atomic E-state index is 9.88. The number of anilines is 1. The van der Waals surface area contributed by atoms with E-state index in [4.69, 9.17) is 21.4 Å². The van der Waals surface area contributed by atoms with E-state index in [0.717, 1.165) is 11.4 Å². The molecule has 0 aliphatic rings. The minimum absolute atomic E-state index is 0.215. The molecule has 1 aromatic carbocycles. The molecular weight excluding hydrogens is 278 g/mol. The van der Waals surface area contributed by atoms with Crippen LogP contribution in [0, 0.1) is 4.84 Å². The minimum atomic E-state index is -0.608. The molecule has 1 aromatic heterocycles. The molecule has 20 heavy (non-hydrogen) atoms. The Labute approximate surface area is 121 Å². The third kappa shape index (κ3) is 4.36. The molecule has 0 saturated heterocycles. The topological polar surface area (TPSA) is 83.3 Å². The van der Waals surface area contributed by atoms with Gasteiger partial charge in [0.15, 0.2) is 0 Å². The summed E-state index contributed by atoms with van der Waals surface area (Å²) in [7, 11) is 0. The second-order valence-corrected chi connectivity index (χ2v) is 4.57. The zero-order chi connectivity index (χ0) is 14.4. The summed E-state index contributed by atoms with van der Waals surface area (Å²) in [5, 5.41) is 19.4. The number of rotatable bonds is 7. The largest absolute Gasteiger partial charge is 0.494 e. The van der Waals surface area contributed by atoms with Gasteiger partial charge in [-0.3, -0.25) is 0 Å². The molecule has 0 bridgehead atoms. The van der Waals surface area contributed by atoms with Gasteiger partial charge >= 0.3 is 0 Å². The van der Waals surface area contributed by atoms with Crippen molar-refractivity contribution in [2.45, 2.75) is 19.4 Å². The van der Waals surface area contributed by atoms with Crippen LogP contribution in [-0.2, 0) is 6.42 Å². The maximum Gasteiger partial charge on any atom is 0.284 e. The molecule has 2 aromatic rings. The monoisotopic (exact) mass is 295 g/mol. The SMILES string of the molecule is CCOc1ccc(NCC(O)Cc2n[nH]c(=S)o2)cc1. The van der Waals surface area contributed by atoms with Crippen molar-refractivity contribution in [2.24, 2.45) is 0 Å². The summed E-state index contributed by atoms with van der Waals surface area (Å²) in [5.41, 5.74) is 0.912. The van der Waals surface area contributed by atoms with E-state index in [1.807, 2.05) is 31.2 Å². The molecular formula is C13H17N3O3S. The molecule has 0 aliphatic heterocycles. The molecule has 1 unspecified atom stereocenters. The predicted molar refractivity (Wildman–Crippen MR) is 77.5 cm³/mol. The van der Waals surface area contributed by atoms with Crippen molar-refractivity contribution in [3.8, 4) is 5.75 Å². The molecule has 0 aliphatic carbocycles. The maximum absolute atomic E-state index is 9.88. The second-order valence-electron chi connectivity index (χ2n) is 4.20. The van der Waals surface area contributed by atoms with E-state index < -0.39 is 6.10 Å².